The van der Waals surface area contributed by atoms with Gasteiger partial charge in [-0.25, -0.2) is 14.5 Å². The van der Waals surface area contributed by atoms with Crippen LogP contribution in [-0.2, 0) is 0 Å². The van der Waals surface area contributed by atoms with Gasteiger partial charge >= 0.3 is 5.82 Å². The molecule has 0 N–H and O–H groups in total. The van der Waals surface area contributed by atoms with Gasteiger partial charge in [0.05, 0.1) is 22.4 Å². The Bertz CT molecular complexity index is 1100. The predicted octanol–water partition coefficient (Wildman–Crippen LogP) is 2.69. The quantitative estimate of drug-likeness (QED) is 0.419. The molecule has 0 saturated carbocycles. The highest BCUT2D eigenvalue weighted by Gasteiger charge is 2.26. The number of benzene rings is 1. The second kappa shape index (κ2) is 5.62. The lowest BCUT2D eigenvalue weighted by atomic mass is 10.2. The molecule has 1 atom stereocenters. The second-order valence-electron chi connectivity index (χ2n) is 5.77. The lowest BCUT2D eigenvalue weighted by Crippen LogP contribution is -2.14. The monoisotopic (exact) mass is 337 g/mol. The number of hydrogen-bond donors (Lipinski definition) is 0. The molecule has 1 aromatic carbocycles. The van der Waals surface area contributed by atoms with E-state index in [1.165, 1.54) is 6.07 Å². The molecule has 0 aliphatic carbocycles. The zero-order valence-electron chi connectivity index (χ0n) is 13.7. The van der Waals surface area contributed by atoms with Crippen molar-refractivity contribution in [3.63, 3.8) is 0 Å². The minimum Gasteiger partial charge on any atom is -0.358 e. The number of aryl methyl sites for hydroxylation is 1. The van der Waals surface area contributed by atoms with Crippen molar-refractivity contribution in [3.05, 3.63) is 58.3 Å². The first kappa shape index (κ1) is 15.2. The molecule has 0 bridgehead atoms. The molecule has 4 rings (SSSR count). The van der Waals surface area contributed by atoms with E-state index in [9.17, 15) is 10.1 Å². The summed E-state index contributed by atoms with van der Waals surface area (Å²) in [6.45, 7) is 3.76. The molecule has 3 aromatic heterocycles. The molecule has 3 heterocycles. The maximum absolute atomic E-state index is 11.0. The number of hydrogen-bond acceptors (Lipinski definition) is 6. The van der Waals surface area contributed by atoms with Gasteiger partial charge in [0.25, 0.3) is 0 Å². The van der Waals surface area contributed by atoms with Crippen LogP contribution in [0, 0.1) is 17.0 Å². The SMILES string of the molecule is CC[C@H](c1nc2c3ccccc3ncn2n1)n1nc([N+](=O)[O-])cc1C. The molecule has 0 unspecified atom stereocenters. The number of nitrogens with zero attached hydrogens (tertiary/aromatic N) is 7. The summed E-state index contributed by atoms with van der Waals surface area (Å²) in [5.74, 6) is 0.383. The van der Waals surface area contributed by atoms with Gasteiger partial charge in [-0.2, -0.15) is 4.68 Å². The highest BCUT2D eigenvalue weighted by Crippen LogP contribution is 2.25. The van der Waals surface area contributed by atoms with E-state index in [0.717, 1.165) is 10.9 Å². The molecule has 0 saturated heterocycles. The van der Waals surface area contributed by atoms with Crippen LogP contribution in [0.4, 0.5) is 5.82 Å². The molecular weight excluding hydrogens is 322 g/mol. The summed E-state index contributed by atoms with van der Waals surface area (Å²) in [5.41, 5.74) is 2.24. The van der Waals surface area contributed by atoms with Crippen molar-refractivity contribution in [2.75, 3.05) is 0 Å². The lowest BCUT2D eigenvalue weighted by Gasteiger charge is -2.09. The van der Waals surface area contributed by atoms with Gasteiger partial charge in [0.2, 0.25) is 0 Å². The summed E-state index contributed by atoms with van der Waals surface area (Å²) in [6, 6.07) is 8.88. The zero-order valence-corrected chi connectivity index (χ0v) is 13.7. The Morgan fingerprint density at radius 3 is 2.80 bits per heavy atom. The van der Waals surface area contributed by atoms with E-state index in [-0.39, 0.29) is 11.9 Å². The molecule has 0 amide bonds. The average molecular weight is 337 g/mol. The van der Waals surface area contributed by atoms with Crippen molar-refractivity contribution in [2.24, 2.45) is 0 Å². The van der Waals surface area contributed by atoms with E-state index in [0.29, 0.717) is 23.6 Å². The van der Waals surface area contributed by atoms with E-state index in [2.05, 4.69) is 20.2 Å². The van der Waals surface area contributed by atoms with Crippen molar-refractivity contribution in [2.45, 2.75) is 26.3 Å². The van der Waals surface area contributed by atoms with E-state index in [1.807, 2.05) is 31.2 Å². The van der Waals surface area contributed by atoms with Crippen molar-refractivity contribution in [1.29, 1.82) is 0 Å². The van der Waals surface area contributed by atoms with E-state index in [4.69, 9.17) is 0 Å². The lowest BCUT2D eigenvalue weighted by molar-refractivity contribution is -0.389. The Morgan fingerprint density at radius 2 is 2.08 bits per heavy atom. The number of nitro groups is 1. The first-order valence-corrected chi connectivity index (χ1v) is 7.89. The summed E-state index contributed by atoms with van der Waals surface area (Å²) in [4.78, 5) is 19.5. The maximum atomic E-state index is 11.0. The summed E-state index contributed by atoms with van der Waals surface area (Å²) in [7, 11) is 0. The van der Waals surface area contributed by atoms with Gasteiger partial charge in [-0.1, -0.05) is 19.1 Å². The van der Waals surface area contributed by atoms with Gasteiger partial charge in [0, 0.05) is 5.39 Å². The fourth-order valence-electron chi connectivity index (χ4n) is 2.98. The molecule has 0 radical (unpaired) electrons. The van der Waals surface area contributed by atoms with Gasteiger partial charge in [0.15, 0.2) is 11.5 Å². The van der Waals surface area contributed by atoms with Crippen LogP contribution in [0.3, 0.4) is 0 Å². The summed E-state index contributed by atoms with van der Waals surface area (Å²) in [6.07, 6.45) is 2.28. The van der Waals surface area contributed by atoms with Gasteiger partial charge in [-0.3, -0.25) is 0 Å². The topological polar surface area (TPSA) is 104 Å². The molecular formula is C16H15N7O2. The number of rotatable bonds is 4. The van der Waals surface area contributed by atoms with Crippen molar-refractivity contribution in [1.82, 2.24) is 29.4 Å². The standard InChI is InChI=1S/C16H15N7O2/c1-3-13(22-10(2)8-14(19-22)23(24)25)15-18-16-11-6-4-5-7-12(11)17-9-21(16)20-15/h4-9,13H,3H2,1-2H3/t13-/m1/s1. The molecule has 0 aliphatic rings. The van der Waals surface area contributed by atoms with Crippen LogP contribution in [0.1, 0.15) is 30.9 Å². The number of fused-ring (bicyclic) bond motifs is 3. The maximum Gasteiger partial charge on any atom is 0.390 e. The third-order valence-corrected chi connectivity index (χ3v) is 4.18. The Kier molecular flexibility index (Phi) is 3.41. The molecule has 25 heavy (non-hydrogen) atoms. The zero-order chi connectivity index (χ0) is 17.6. The van der Waals surface area contributed by atoms with Crippen LogP contribution in [-0.4, -0.2) is 34.3 Å². The predicted molar refractivity (Wildman–Crippen MR) is 90.3 cm³/mol. The fraction of sp³-hybridized carbons (Fsp3) is 0.250. The molecule has 0 aliphatic heterocycles. The highest BCUT2D eigenvalue weighted by molar-refractivity contribution is 5.90. The molecule has 0 spiro atoms. The van der Waals surface area contributed by atoms with Gasteiger partial charge < -0.3 is 10.1 Å². The molecule has 0 fully saturated rings. The average Bonchev–Trinajstić information content (AvgIpc) is 3.20. The number of aromatic nitrogens is 6. The van der Waals surface area contributed by atoms with Crippen LogP contribution in [0.2, 0.25) is 0 Å². The minimum absolute atomic E-state index is 0.174. The van der Waals surface area contributed by atoms with E-state index in [1.54, 1.807) is 22.4 Å². The van der Waals surface area contributed by atoms with E-state index < -0.39 is 4.92 Å². The largest absolute Gasteiger partial charge is 0.390 e. The van der Waals surface area contributed by atoms with Crippen LogP contribution in [0.5, 0.6) is 0 Å². The molecule has 126 valence electrons. The van der Waals surface area contributed by atoms with Gasteiger partial charge in [0.1, 0.15) is 12.4 Å². The summed E-state index contributed by atoms with van der Waals surface area (Å²) >= 11 is 0. The number of para-hydroxylation sites is 1. The Hall–Kier alpha value is -3.36. The fourth-order valence-corrected chi connectivity index (χ4v) is 2.98. The minimum atomic E-state index is -0.495. The van der Waals surface area contributed by atoms with Gasteiger partial charge in [-0.05, 0) is 30.4 Å². The third-order valence-electron chi connectivity index (χ3n) is 4.18. The summed E-state index contributed by atoms with van der Waals surface area (Å²) in [5, 5.41) is 20.5. The van der Waals surface area contributed by atoms with Crippen molar-refractivity contribution < 1.29 is 4.92 Å². The molecule has 9 nitrogen and oxygen atoms in total. The smallest absolute Gasteiger partial charge is 0.358 e. The van der Waals surface area contributed by atoms with Crippen molar-refractivity contribution in [3.8, 4) is 0 Å². The molecule has 4 aromatic rings. The Morgan fingerprint density at radius 1 is 1.28 bits per heavy atom. The van der Waals surface area contributed by atoms with Crippen LogP contribution in [0.25, 0.3) is 16.6 Å². The third kappa shape index (κ3) is 2.40. The normalized spacial score (nSPS) is 12.7. The Balaban J connectivity index is 1.87. The summed E-state index contributed by atoms with van der Waals surface area (Å²) < 4.78 is 3.25. The van der Waals surface area contributed by atoms with E-state index >= 15 is 0 Å². The highest BCUT2D eigenvalue weighted by atomic mass is 16.6. The van der Waals surface area contributed by atoms with Crippen molar-refractivity contribution >= 4 is 22.4 Å². The Labute approximate surface area is 142 Å². The van der Waals surface area contributed by atoms with Gasteiger partial charge in [-0.15, -0.1) is 5.10 Å². The van der Waals surface area contributed by atoms with Crippen LogP contribution < -0.4 is 0 Å². The molecule has 9 heteroatoms. The van der Waals surface area contributed by atoms with Crippen LogP contribution in [0.15, 0.2) is 36.7 Å². The second-order valence-corrected chi connectivity index (χ2v) is 5.77. The van der Waals surface area contributed by atoms with Crippen LogP contribution >= 0.6 is 0 Å². The first-order chi connectivity index (χ1) is 12.1. The first-order valence-electron chi connectivity index (χ1n) is 7.89.